The Morgan fingerprint density at radius 2 is 1.74 bits per heavy atom. The predicted molar refractivity (Wildman–Crippen MR) is 184 cm³/mol. The summed E-state index contributed by atoms with van der Waals surface area (Å²) in [6.07, 6.45) is 1.92. The van der Waals surface area contributed by atoms with Gasteiger partial charge in [0.15, 0.2) is 0 Å². The summed E-state index contributed by atoms with van der Waals surface area (Å²) < 4.78 is -0.254. The van der Waals surface area contributed by atoms with Crippen molar-refractivity contribution in [1.82, 2.24) is 25.0 Å². The van der Waals surface area contributed by atoms with Crippen molar-refractivity contribution in [2.45, 2.75) is 35.6 Å². The topological polar surface area (TPSA) is 109 Å². The number of hydrogen-bond donors (Lipinski definition) is 3. The molecule has 1 aromatic heterocycles. The van der Waals surface area contributed by atoms with Crippen molar-refractivity contribution in [3.63, 3.8) is 0 Å². The van der Waals surface area contributed by atoms with Crippen LogP contribution in [0.3, 0.4) is 0 Å². The van der Waals surface area contributed by atoms with Crippen LogP contribution in [0.4, 0.5) is 4.79 Å². The highest BCUT2D eigenvalue weighted by atomic mass is 79.9. The van der Waals surface area contributed by atoms with Crippen molar-refractivity contribution in [1.29, 1.82) is 0 Å². The Bertz CT molecular complexity index is 1740. The number of halogens is 2. The zero-order valence-electron chi connectivity index (χ0n) is 25.3. The predicted octanol–water partition coefficient (Wildman–Crippen LogP) is 5.74. The maximum Gasteiger partial charge on any atom is 0.317 e. The molecule has 0 radical (unpaired) electrons. The van der Waals surface area contributed by atoms with Gasteiger partial charge in [-0.25, -0.2) is 4.79 Å². The number of aromatic amines is 1. The Hall–Kier alpha value is -3.51. The van der Waals surface area contributed by atoms with Crippen LogP contribution in [0, 0.1) is 6.92 Å². The van der Waals surface area contributed by atoms with E-state index in [2.05, 4.69) is 26.2 Å². The molecule has 4 aromatic rings. The summed E-state index contributed by atoms with van der Waals surface area (Å²) in [5.41, 5.74) is 3.74. The van der Waals surface area contributed by atoms with Crippen LogP contribution in [0.2, 0.25) is 5.02 Å². The number of hydrogen-bond acceptors (Lipinski definition) is 5. The molecular weight excluding hydrogens is 690 g/mol. The molecule has 0 spiro atoms. The first-order valence-electron chi connectivity index (χ1n) is 15.2. The number of benzene rings is 3. The van der Waals surface area contributed by atoms with E-state index in [0.717, 1.165) is 37.0 Å². The maximum absolute atomic E-state index is 15.1. The number of nitrogens with one attached hydrogen (secondary N) is 2. The van der Waals surface area contributed by atoms with Crippen molar-refractivity contribution >= 4 is 68.0 Å². The van der Waals surface area contributed by atoms with Gasteiger partial charge in [-0.15, -0.1) is 11.8 Å². The molecule has 3 aromatic carbocycles. The third-order valence-corrected chi connectivity index (χ3v) is 10.8. The normalized spacial score (nSPS) is 20.0. The first-order chi connectivity index (χ1) is 22.2. The number of carbonyl (C=O) groups excluding carboxylic acids is 3. The fourth-order valence-electron chi connectivity index (χ4n) is 6.35. The van der Waals surface area contributed by atoms with Gasteiger partial charge in [-0.1, -0.05) is 63.4 Å². The number of rotatable bonds is 8. The highest BCUT2D eigenvalue weighted by Gasteiger charge is 2.59. The number of fused-ring (bicyclic) bond motifs is 1. The molecule has 46 heavy (non-hydrogen) atoms. The lowest BCUT2D eigenvalue weighted by Crippen LogP contribution is -2.58. The zero-order chi connectivity index (χ0) is 32.4. The van der Waals surface area contributed by atoms with E-state index >= 15 is 4.79 Å². The number of thioether (sulfide) groups is 1. The van der Waals surface area contributed by atoms with Crippen LogP contribution in [0.5, 0.6) is 0 Å². The van der Waals surface area contributed by atoms with E-state index in [0.29, 0.717) is 37.7 Å². The molecule has 3 heterocycles. The van der Waals surface area contributed by atoms with Crippen molar-refractivity contribution in [2.24, 2.45) is 0 Å². The summed E-state index contributed by atoms with van der Waals surface area (Å²) in [5.74, 6) is -0.236. The number of aliphatic hydroxyl groups is 1. The van der Waals surface area contributed by atoms with Gasteiger partial charge in [-0.3, -0.25) is 9.59 Å². The average molecular weight is 725 g/mol. The molecule has 12 heteroatoms. The summed E-state index contributed by atoms with van der Waals surface area (Å²) in [5, 5.41) is 13.3. The third-order valence-electron chi connectivity index (χ3n) is 8.65. The molecule has 2 saturated heterocycles. The molecule has 4 amide bonds. The molecule has 2 atom stereocenters. The van der Waals surface area contributed by atoms with Crippen molar-refractivity contribution in [2.75, 3.05) is 39.3 Å². The second-order valence-corrected chi connectivity index (χ2v) is 14.5. The standard InChI is InChI=1S/C34H35BrClN5O4S/c1-22-2-9-26(10-3-22)46-34(32(44)39-13-15-40(16-14-39)33(45)37-12-17-42)19-30(43)41(21-23-4-6-24(35)7-5-23)31(34)28-20-38-29-18-25(36)8-11-27(28)29/h2-11,18,20,31,38,42H,12-17,19,21H2,1H3,(H,37,45). The average Bonchev–Trinajstić information content (AvgIpc) is 3.58. The van der Waals surface area contributed by atoms with E-state index < -0.39 is 10.8 Å². The van der Waals surface area contributed by atoms with E-state index in [1.54, 1.807) is 9.80 Å². The van der Waals surface area contributed by atoms with Crippen LogP contribution >= 0.6 is 39.3 Å². The van der Waals surface area contributed by atoms with Crippen LogP contribution in [0.1, 0.15) is 29.2 Å². The Balaban J connectivity index is 1.44. The number of H-pyrrole nitrogens is 1. The molecule has 3 N–H and O–H groups in total. The lowest BCUT2D eigenvalue weighted by atomic mass is 9.90. The molecule has 240 valence electrons. The molecule has 0 aliphatic carbocycles. The number of nitrogens with zero attached hydrogens (tertiary/aromatic N) is 3. The summed E-state index contributed by atoms with van der Waals surface area (Å²) in [4.78, 5) is 51.4. The number of amides is 4. The van der Waals surface area contributed by atoms with Gasteiger partial charge in [0.05, 0.1) is 19.1 Å². The largest absolute Gasteiger partial charge is 0.395 e. The van der Waals surface area contributed by atoms with Gasteiger partial charge >= 0.3 is 6.03 Å². The van der Waals surface area contributed by atoms with Gasteiger partial charge in [0.2, 0.25) is 11.8 Å². The number of aromatic nitrogens is 1. The molecule has 0 saturated carbocycles. The number of piperazine rings is 1. The van der Waals surface area contributed by atoms with Crippen LogP contribution in [-0.2, 0) is 16.1 Å². The van der Waals surface area contributed by atoms with E-state index in [4.69, 9.17) is 16.7 Å². The Labute approximate surface area is 285 Å². The fraction of sp³-hybridized carbons (Fsp3) is 0.324. The summed E-state index contributed by atoms with van der Waals surface area (Å²) >= 11 is 11.3. The quantitative estimate of drug-likeness (QED) is 0.215. The highest BCUT2D eigenvalue weighted by molar-refractivity contribution is 9.10. The number of aliphatic hydroxyl groups excluding tert-OH is 1. The lowest BCUT2D eigenvalue weighted by molar-refractivity contribution is -0.136. The Morgan fingerprint density at radius 3 is 2.43 bits per heavy atom. The second-order valence-electron chi connectivity index (χ2n) is 11.7. The zero-order valence-corrected chi connectivity index (χ0v) is 28.5. The maximum atomic E-state index is 15.1. The first-order valence-corrected chi connectivity index (χ1v) is 17.2. The fourth-order valence-corrected chi connectivity index (χ4v) is 8.26. The number of urea groups is 1. The molecule has 2 aliphatic rings. The van der Waals surface area contributed by atoms with E-state index in [1.165, 1.54) is 11.8 Å². The van der Waals surface area contributed by atoms with E-state index in [-0.39, 0.29) is 37.4 Å². The van der Waals surface area contributed by atoms with Crippen LogP contribution in [0.15, 0.2) is 82.3 Å². The van der Waals surface area contributed by atoms with Crippen molar-refractivity contribution in [3.8, 4) is 0 Å². The number of carbonyl (C=O) groups is 3. The van der Waals surface area contributed by atoms with Gasteiger partial charge in [-0.2, -0.15) is 0 Å². The summed E-state index contributed by atoms with van der Waals surface area (Å²) in [6, 6.07) is 20.7. The van der Waals surface area contributed by atoms with Crippen molar-refractivity contribution < 1.29 is 19.5 Å². The lowest BCUT2D eigenvalue weighted by Gasteiger charge is -2.42. The number of likely N-dealkylation sites (tertiary alicyclic amines) is 1. The monoisotopic (exact) mass is 723 g/mol. The van der Waals surface area contributed by atoms with Gasteiger partial charge in [0.25, 0.3) is 0 Å². The number of aryl methyl sites for hydroxylation is 1. The van der Waals surface area contributed by atoms with Crippen LogP contribution in [-0.4, -0.2) is 86.7 Å². The van der Waals surface area contributed by atoms with E-state index in [1.807, 2.05) is 84.8 Å². The second kappa shape index (κ2) is 13.7. The van der Waals surface area contributed by atoms with Gasteiger partial charge in [0.1, 0.15) is 4.75 Å². The first kappa shape index (κ1) is 32.4. The molecular formula is C34H35BrClN5O4S. The Kier molecular flexibility index (Phi) is 9.65. The van der Waals surface area contributed by atoms with E-state index in [9.17, 15) is 9.59 Å². The minimum Gasteiger partial charge on any atom is -0.395 e. The van der Waals surface area contributed by atoms with Gasteiger partial charge in [0, 0.05) is 76.3 Å². The van der Waals surface area contributed by atoms with Crippen molar-refractivity contribution in [3.05, 3.63) is 99.1 Å². The van der Waals surface area contributed by atoms with Crippen LogP contribution in [0.25, 0.3) is 10.9 Å². The van der Waals surface area contributed by atoms with Gasteiger partial charge < -0.3 is 30.1 Å². The highest BCUT2D eigenvalue weighted by Crippen LogP contribution is 2.55. The molecule has 0 bridgehead atoms. The molecule has 9 nitrogen and oxygen atoms in total. The van der Waals surface area contributed by atoms with Crippen LogP contribution < -0.4 is 5.32 Å². The molecule has 2 fully saturated rings. The molecule has 2 aliphatic heterocycles. The minimum absolute atomic E-state index is 0.0169. The SMILES string of the molecule is Cc1ccc(SC2(C(=O)N3CCN(C(=O)NCCO)CC3)CC(=O)N(Cc3ccc(Br)cc3)C2c2c[nH]c3cc(Cl)ccc23)cc1. The molecule has 2 unspecified atom stereocenters. The summed E-state index contributed by atoms with van der Waals surface area (Å²) in [7, 11) is 0. The van der Waals surface area contributed by atoms with Gasteiger partial charge in [-0.05, 0) is 48.9 Å². The third kappa shape index (κ3) is 6.51. The smallest absolute Gasteiger partial charge is 0.317 e. The Morgan fingerprint density at radius 1 is 1.04 bits per heavy atom. The molecule has 6 rings (SSSR count). The minimum atomic E-state index is -1.20. The summed E-state index contributed by atoms with van der Waals surface area (Å²) in [6.45, 7) is 3.74.